The summed E-state index contributed by atoms with van der Waals surface area (Å²) in [5.41, 5.74) is 0. The van der Waals surface area contributed by atoms with Crippen LogP contribution in [0.5, 0.6) is 0 Å². The first-order chi connectivity index (χ1) is 54.9. The number of carbonyl (C=O) groups excluding carboxylic acids is 11. The lowest BCUT2D eigenvalue weighted by Crippen LogP contribution is -2.64. The van der Waals surface area contributed by atoms with Gasteiger partial charge in [-0.3, -0.25) is 57.3 Å². The molecule has 0 spiro atoms. The smallest absolute Gasteiger partial charge is 0.327 e. The predicted molar refractivity (Wildman–Crippen MR) is 402 cm³/mol. The van der Waals surface area contributed by atoms with E-state index in [1.807, 2.05) is 0 Å². The van der Waals surface area contributed by atoms with Gasteiger partial charge < -0.3 is 156 Å². The number of amides is 11. The van der Waals surface area contributed by atoms with Crippen LogP contribution < -0.4 is 58.5 Å². The van der Waals surface area contributed by atoms with E-state index in [0.717, 1.165) is 0 Å². The second-order valence-corrected chi connectivity index (χ2v) is 29.9. The van der Waals surface area contributed by atoms with Crippen molar-refractivity contribution in [1.82, 2.24) is 58.5 Å². The van der Waals surface area contributed by atoms with Gasteiger partial charge in [-0.2, -0.15) is 0 Å². The molecule has 0 saturated carbocycles. The van der Waals surface area contributed by atoms with Gasteiger partial charge >= 0.3 is 7.60 Å². The Hall–Kier alpha value is -6.40. The molecule has 18 atom stereocenters. The molecule has 0 aromatic heterocycles. The molecule has 21 N–H and O–H groups in total. The van der Waals surface area contributed by atoms with E-state index in [9.17, 15) is 108 Å². The molecule has 664 valence electrons. The highest BCUT2D eigenvalue weighted by atomic mass is 31.2. The zero-order valence-corrected chi connectivity index (χ0v) is 67.2. The first-order valence-electron chi connectivity index (χ1n) is 39.4. The van der Waals surface area contributed by atoms with Crippen LogP contribution in [-0.2, 0) is 104 Å². The number of carbonyl (C=O) groups is 11. The Morgan fingerprint density at radius 1 is 0.357 bits per heavy atom. The van der Waals surface area contributed by atoms with Gasteiger partial charge in [0.2, 0.25) is 65.0 Å². The normalized spacial score (nSPS) is 24.3. The summed E-state index contributed by atoms with van der Waals surface area (Å²) >= 11 is 0. The molecule has 0 radical (unpaired) electrons. The van der Waals surface area contributed by atoms with Crippen LogP contribution in [0.15, 0.2) is 0 Å². The lowest BCUT2D eigenvalue weighted by atomic mass is 9.97. The summed E-state index contributed by atoms with van der Waals surface area (Å²) in [4.78, 5) is 150. The summed E-state index contributed by atoms with van der Waals surface area (Å²) in [5.74, 6) is -5.16. The fraction of sp³-hybridized carbons (Fsp3) is 0.845. The number of ether oxygens (including phenoxy) is 9. The first kappa shape index (κ1) is 103. The maximum Gasteiger partial charge on any atom is 0.327 e. The largest absolute Gasteiger partial charge is 0.394 e. The van der Waals surface area contributed by atoms with Gasteiger partial charge in [0.1, 0.15) is 85.1 Å². The van der Waals surface area contributed by atoms with E-state index in [2.05, 4.69) is 58.5 Å². The molecule has 3 saturated heterocycles. The third-order valence-corrected chi connectivity index (χ3v) is 19.6. The fourth-order valence-corrected chi connectivity index (χ4v) is 12.6. The van der Waals surface area contributed by atoms with E-state index in [4.69, 9.17) is 47.2 Å². The van der Waals surface area contributed by atoms with Gasteiger partial charge in [-0.1, -0.05) is 19.8 Å². The Morgan fingerprint density at radius 2 is 0.670 bits per heavy atom. The topological polar surface area (TPSA) is 632 Å². The SMILES string of the molecule is CCP(=O)(O)OCCCCCCNC(=O)[C@H](CCCCNC(=O)CCCC(=O)NCCOCCOC1OC(CO)C(O)C(O)C1NC(C)=O)NC(=O)[C@H](CCCCNC(=O)CCCC(=O)NCCOCCOC1OC(CO)C(O)C(O)C1NC(C)=O)NC(=O)CCCC(=O)NCCOCCOC1OC(CO)C(O)C(O)C1NC(C)=O. The summed E-state index contributed by atoms with van der Waals surface area (Å²) in [5, 5.41) is 120. The maximum atomic E-state index is 14.3. The zero-order chi connectivity index (χ0) is 85.1. The number of nitrogens with one attached hydrogen (secondary N) is 11. The van der Waals surface area contributed by atoms with Crippen molar-refractivity contribution in [2.45, 2.75) is 254 Å². The zero-order valence-electron chi connectivity index (χ0n) is 66.3. The van der Waals surface area contributed by atoms with Crippen LogP contribution in [0, 0.1) is 0 Å². The summed E-state index contributed by atoms with van der Waals surface area (Å²) in [6.07, 6.45) is -12.1. The van der Waals surface area contributed by atoms with Crippen LogP contribution in [-0.4, -0.2) is 351 Å². The van der Waals surface area contributed by atoms with Crippen molar-refractivity contribution in [2.24, 2.45) is 0 Å². The molecule has 115 heavy (non-hydrogen) atoms. The van der Waals surface area contributed by atoms with Crippen molar-refractivity contribution in [3.63, 3.8) is 0 Å². The van der Waals surface area contributed by atoms with Crippen LogP contribution in [0.4, 0.5) is 0 Å². The van der Waals surface area contributed by atoms with E-state index in [1.54, 1.807) is 6.92 Å². The molecule has 3 rings (SSSR count). The Kier molecular flexibility index (Phi) is 53.0. The molecule has 11 amide bonds. The second kappa shape index (κ2) is 59.3. The standard InChI is InChI=1S/C71H128N11O32P/c1-5-115(103,104)111-31-13-7-6-10-27-77-67(101)47(17-8-11-25-72-52(89)19-14-21-54(91)74-28-32-105-35-38-108-69-58(78-44(2)86)64(98)61(95)49(41-83)112-69)82-68(102)48(81-57(94)24-16-23-56(93)76-30-34-107-37-40-110-71-60(80-46(4)88)66(100)63(97)51(43-85)114-71)18-9-12-26-73-53(90)20-15-22-55(92)75-29-33-106-36-39-109-70-59(79-45(3)87)65(99)62(96)50(42-84)113-70/h47-51,58-66,69-71,83-85,95-100H,5-43H2,1-4H3,(H,72,89)(H,73,90)(H,74,91)(H,75,92)(H,76,93)(H,77,101)(H,78,86)(H,79,87)(H,80,88)(H,81,94)(H,82,102)(H,103,104)/t47-,48-,49?,50?,51?,58?,59?,60?,61?,62?,63?,64?,65?,66?,69?,70?,71?/m0/s1. The Bertz CT molecular complexity index is 2930. The van der Waals surface area contributed by atoms with E-state index in [-0.39, 0.29) is 212 Å². The number of hydrogen-bond acceptors (Lipinski definition) is 31. The van der Waals surface area contributed by atoms with Gasteiger partial charge in [-0.25, -0.2) is 0 Å². The van der Waals surface area contributed by atoms with Crippen molar-refractivity contribution >= 4 is 72.6 Å². The molecule has 3 fully saturated rings. The molecule has 0 bridgehead atoms. The Labute approximate surface area is 669 Å². The summed E-state index contributed by atoms with van der Waals surface area (Å²) in [7, 11) is -3.65. The van der Waals surface area contributed by atoms with Gasteiger partial charge in [-0.05, 0) is 70.6 Å². The monoisotopic (exact) mass is 1680 g/mol. The van der Waals surface area contributed by atoms with Gasteiger partial charge in [0.05, 0.1) is 85.9 Å². The maximum absolute atomic E-state index is 14.3. The van der Waals surface area contributed by atoms with Crippen LogP contribution >= 0.6 is 7.60 Å². The highest BCUT2D eigenvalue weighted by molar-refractivity contribution is 7.52. The van der Waals surface area contributed by atoms with Crippen LogP contribution in [0.25, 0.3) is 0 Å². The fourth-order valence-electron chi connectivity index (χ4n) is 12.0. The van der Waals surface area contributed by atoms with Crippen molar-refractivity contribution in [3.8, 4) is 0 Å². The molecule has 3 aliphatic heterocycles. The molecular formula is C71H128N11O32P. The minimum atomic E-state index is -3.65. The quantitative estimate of drug-likeness (QED) is 0.0199. The van der Waals surface area contributed by atoms with Crippen molar-refractivity contribution in [2.75, 3.05) is 131 Å². The Morgan fingerprint density at radius 3 is 1.01 bits per heavy atom. The van der Waals surface area contributed by atoms with Crippen LogP contribution in [0.2, 0.25) is 0 Å². The van der Waals surface area contributed by atoms with Crippen molar-refractivity contribution in [3.05, 3.63) is 0 Å². The molecule has 0 aliphatic carbocycles. The molecule has 44 heteroatoms. The summed E-state index contributed by atoms with van der Waals surface area (Å²) in [6, 6.07) is -5.72. The van der Waals surface area contributed by atoms with E-state index in [0.29, 0.717) is 44.9 Å². The number of rotatable bonds is 62. The molecule has 0 aromatic rings. The predicted octanol–water partition coefficient (Wildman–Crippen LogP) is -6.78. The minimum Gasteiger partial charge on any atom is -0.394 e. The molecule has 3 aliphatic rings. The first-order valence-corrected chi connectivity index (χ1v) is 41.2. The number of hydrogen-bond donors (Lipinski definition) is 21. The van der Waals surface area contributed by atoms with E-state index in [1.165, 1.54) is 20.8 Å². The number of aliphatic hydroxyl groups is 9. The van der Waals surface area contributed by atoms with E-state index < -0.39 is 173 Å². The molecule has 0 aromatic carbocycles. The van der Waals surface area contributed by atoms with Gasteiger partial charge in [-0.15, -0.1) is 0 Å². The van der Waals surface area contributed by atoms with Crippen molar-refractivity contribution < 1.29 is 155 Å². The van der Waals surface area contributed by atoms with Gasteiger partial charge in [0.15, 0.2) is 18.9 Å². The number of aliphatic hydroxyl groups excluding tert-OH is 9. The Balaban J connectivity index is 1.54. The molecule has 3 heterocycles. The lowest BCUT2D eigenvalue weighted by molar-refractivity contribution is -0.272. The second-order valence-electron chi connectivity index (χ2n) is 27.7. The summed E-state index contributed by atoms with van der Waals surface area (Å²) in [6.45, 7) is 4.25. The highest BCUT2D eigenvalue weighted by Crippen LogP contribution is 2.41. The lowest BCUT2D eigenvalue weighted by Gasteiger charge is -2.42. The molecular weight excluding hydrogens is 1550 g/mol. The minimum absolute atomic E-state index is 0.00320. The van der Waals surface area contributed by atoms with Gasteiger partial charge in [0, 0.05) is 105 Å². The summed E-state index contributed by atoms with van der Waals surface area (Å²) < 4.78 is 66.9. The third kappa shape index (κ3) is 43.2. The van der Waals surface area contributed by atoms with E-state index >= 15 is 0 Å². The molecule has 16 unspecified atom stereocenters. The van der Waals surface area contributed by atoms with Crippen LogP contribution in [0.1, 0.15) is 150 Å². The molecule has 43 nitrogen and oxygen atoms in total. The third-order valence-electron chi connectivity index (χ3n) is 18.2. The average Bonchev–Trinajstić information content (AvgIpc) is 0.819. The van der Waals surface area contributed by atoms with Gasteiger partial charge in [0.25, 0.3) is 0 Å². The van der Waals surface area contributed by atoms with Crippen LogP contribution in [0.3, 0.4) is 0 Å². The number of unbranched alkanes of at least 4 members (excludes halogenated alkanes) is 5. The highest BCUT2D eigenvalue weighted by Gasteiger charge is 2.48. The average molecular weight is 1680 g/mol. The van der Waals surface area contributed by atoms with Crippen molar-refractivity contribution in [1.29, 1.82) is 0 Å².